The average molecular weight is 215 g/mol. The zero-order chi connectivity index (χ0) is 10.6. The van der Waals surface area contributed by atoms with E-state index in [-0.39, 0.29) is 17.4 Å². The van der Waals surface area contributed by atoms with Crippen molar-refractivity contribution in [2.45, 2.75) is 0 Å². The molecule has 14 heavy (non-hydrogen) atoms. The third kappa shape index (κ3) is 2.98. The molecule has 2 amide bonds. The molecule has 1 heterocycles. The van der Waals surface area contributed by atoms with Gasteiger partial charge in [-0.05, 0) is 0 Å². The zero-order valence-corrected chi connectivity index (χ0v) is 7.78. The zero-order valence-electron chi connectivity index (χ0n) is 7.03. The van der Waals surface area contributed by atoms with Gasteiger partial charge in [-0.15, -0.1) is 0 Å². The Labute approximate surface area is 84.5 Å². The molecule has 0 spiro atoms. The number of rotatable bonds is 3. The Morgan fingerprint density at radius 3 is 2.79 bits per heavy atom. The van der Waals surface area contributed by atoms with Crippen LogP contribution in [0.3, 0.4) is 0 Å². The van der Waals surface area contributed by atoms with Crippen molar-refractivity contribution in [1.29, 1.82) is 0 Å². The van der Waals surface area contributed by atoms with Crippen molar-refractivity contribution < 1.29 is 9.59 Å². The van der Waals surface area contributed by atoms with Crippen molar-refractivity contribution in [3.63, 3.8) is 0 Å². The fraction of sp³-hybridized carbons (Fsp3) is 0.143. The Morgan fingerprint density at radius 1 is 1.50 bits per heavy atom. The predicted octanol–water partition coefficient (Wildman–Crippen LogP) is -0.655. The lowest BCUT2D eigenvalue weighted by Gasteiger charge is -2.00. The monoisotopic (exact) mass is 214 g/mol. The van der Waals surface area contributed by atoms with E-state index in [9.17, 15) is 9.59 Å². The van der Waals surface area contributed by atoms with E-state index in [1.807, 2.05) is 0 Å². The fourth-order valence-electron chi connectivity index (χ4n) is 0.710. The molecule has 0 aliphatic rings. The topological polar surface area (TPSA) is 98.0 Å². The summed E-state index contributed by atoms with van der Waals surface area (Å²) in [5.41, 5.74) is 4.87. The van der Waals surface area contributed by atoms with Gasteiger partial charge in [-0.25, -0.2) is 4.98 Å². The second-order valence-corrected chi connectivity index (χ2v) is 2.76. The van der Waals surface area contributed by atoms with Crippen LogP contribution in [0.4, 0.5) is 0 Å². The van der Waals surface area contributed by atoms with Gasteiger partial charge in [0.15, 0.2) is 0 Å². The second-order valence-electron chi connectivity index (χ2n) is 2.38. The summed E-state index contributed by atoms with van der Waals surface area (Å²) in [6, 6.07) is 0. The normalized spacial score (nSPS) is 9.50. The van der Waals surface area contributed by atoms with Crippen molar-refractivity contribution in [2.75, 3.05) is 6.54 Å². The van der Waals surface area contributed by atoms with Crippen LogP contribution in [0.15, 0.2) is 12.4 Å². The summed E-state index contributed by atoms with van der Waals surface area (Å²) in [7, 11) is 0. The summed E-state index contributed by atoms with van der Waals surface area (Å²) in [6.45, 7) is -0.243. The lowest BCUT2D eigenvalue weighted by atomic mass is 10.4. The van der Waals surface area contributed by atoms with Gasteiger partial charge in [0.1, 0.15) is 10.8 Å². The van der Waals surface area contributed by atoms with Gasteiger partial charge in [0.05, 0.1) is 18.9 Å². The summed E-state index contributed by atoms with van der Waals surface area (Å²) in [4.78, 5) is 28.9. The molecule has 0 unspecified atom stereocenters. The van der Waals surface area contributed by atoms with Crippen LogP contribution in [0.2, 0.25) is 5.15 Å². The van der Waals surface area contributed by atoms with Gasteiger partial charge in [0.25, 0.3) is 5.91 Å². The molecule has 0 aliphatic heterocycles. The van der Waals surface area contributed by atoms with Crippen LogP contribution in [-0.2, 0) is 4.79 Å². The van der Waals surface area contributed by atoms with Gasteiger partial charge in [0, 0.05) is 0 Å². The van der Waals surface area contributed by atoms with Gasteiger partial charge in [-0.2, -0.15) is 0 Å². The van der Waals surface area contributed by atoms with Crippen LogP contribution >= 0.6 is 11.6 Å². The molecule has 0 fully saturated rings. The molecule has 1 aromatic rings. The van der Waals surface area contributed by atoms with Crippen LogP contribution in [0, 0.1) is 0 Å². The van der Waals surface area contributed by atoms with Gasteiger partial charge in [-0.3, -0.25) is 14.6 Å². The molecule has 0 aromatic carbocycles. The Balaban J connectivity index is 2.65. The summed E-state index contributed by atoms with van der Waals surface area (Å²) >= 11 is 5.51. The van der Waals surface area contributed by atoms with E-state index in [0.717, 1.165) is 0 Å². The Kier molecular flexibility index (Phi) is 3.35. The van der Waals surface area contributed by atoms with E-state index < -0.39 is 11.8 Å². The molecule has 0 bridgehead atoms. The van der Waals surface area contributed by atoms with Crippen LogP contribution in [0.1, 0.15) is 10.5 Å². The lowest BCUT2D eigenvalue weighted by Crippen LogP contribution is -2.33. The first-order valence-corrected chi connectivity index (χ1v) is 4.01. The molecule has 0 saturated carbocycles. The maximum Gasteiger partial charge on any atom is 0.271 e. The van der Waals surface area contributed by atoms with E-state index in [4.69, 9.17) is 17.3 Å². The number of nitrogens with zero attached hydrogens (tertiary/aromatic N) is 2. The largest absolute Gasteiger partial charge is 0.368 e. The summed E-state index contributed by atoms with van der Waals surface area (Å²) in [5, 5.41) is 2.36. The first-order chi connectivity index (χ1) is 6.59. The maximum atomic E-state index is 11.2. The maximum absolute atomic E-state index is 11.2. The number of hydrogen-bond donors (Lipinski definition) is 2. The van der Waals surface area contributed by atoms with E-state index in [2.05, 4.69) is 15.3 Å². The number of primary amides is 1. The molecule has 6 nitrogen and oxygen atoms in total. The lowest BCUT2D eigenvalue weighted by molar-refractivity contribution is -0.117. The van der Waals surface area contributed by atoms with E-state index in [1.165, 1.54) is 12.4 Å². The van der Waals surface area contributed by atoms with Crippen molar-refractivity contribution in [3.8, 4) is 0 Å². The van der Waals surface area contributed by atoms with Crippen LogP contribution < -0.4 is 11.1 Å². The van der Waals surface area contributed by atoms with Crippen molar-refractivity contribution in [2.24, 2.45) is 5.73 Å². The number of halogens is 1. The third-order valence-corrected chi connectivity index (χ3v) is 1.44. The van der Waals surface area contributed by atoms with Gasteiger partial charge < -0.3 is 11.1 Å². The van der Waals surface area contributed by atoms with Crippen molar-refractivity contribution in [1.82, 2.24) is 15.3 Å². The Hall–Kier alpha value is -1.69. The standard InChI is InChI=1S/C7H7ClN4O2/c8-5-2-10-1-4(12-5)7(14)11-3-6(9)13/h1-2H,3H2,(H2,9,13)(H,11,14). The van der Waals surface area contributed by atoms with Crippen LogP contribution in [0.5, 0.6) is 0 Å². The highest BCUT2D eigenvalue weighted by Crippen LogP contribution is 2.01. The molecule has 7 heteroatoms. The highest BCUT2D eigenvalue weighted by atomic mass is 35.5. The van der Waals surface area contributed by atoms with Crippen molar-refractivity contribution in [3.05, 3.63) is 23.2 Å². The van der Waals surface area contributed by atoms with Gasteiger partial charge in [-0.1, -0.05) is 11.6 Å². The first kappa shape index (κ1) is 10.4. The molecule has 1 rings (SSSR count). The summed E-state index contributed by atoms with van der Waals surface area (Å²) in [5.74, 6) is -1.17. The Bertz CT molecular complexity index is 368. The average Bonchev–Trinajstić information content (AvgIpc) is 2.14. The highest BCUT2D eigenvalue weighted by molar-refractivity contribution is 6.29. The van der Waals surface area contributed by atoms with E-state index in [0.29, 0.717) is 0 Å². The van der Waals surface area contributed by atoms with Gasteiger partial charge >= 0.3 is 0 Å². The quantitative estimate of drug-likeness (QED) is 0.698. The first-order valence-electron chi connectivity index (χ1n) is 3.63. The highest BCUT2D eigenvalue weighted by Gasteiger charge is 2.08. The van der Waals surface area contributed by atoms with Gasteiger partial charge in [0.2, 0.25) is 5.91 Å². The molecule has 0 aliphatic carbocycles. The minimum Gasteiger partial charge on any atom is -0.368 e. The number of nitrogens with one attached hydrogen (secondary N) is 1. The molecule has 1 aromatic heterocycles. The smallest absolute Gasteiger partial charge is 0.271 e. The third-order valence-electron chi connectivity index (χ3n) is 1.26. The number of carbonyl (C=O) groups is 2. The molecule has 3 N–H and O–H groups in total. The minimum atomic E-state index is -0.631. The molecular formula is C7H7ClN4O2. The minimum absolute atomic E-state index is 0.0405. The number of aromatic nitrogens is 2. The molecule has 0 radical (unpaired) electrons. The fourth-order valence-corrected chi connectivity index (χ4v) is 0.857. The number of carbonyl (C=O) groups excluding carboxylic acids is 2. The second kappa shape index (κ2) is 4.52. The van der Waals surface area contributed by atoms with Crippen molar-refractivity contribution >= 4 is 23.4 Å². The molecular weight excluding hydrogens is 208 g/mol. The van der Waals surface area contributed by atoms with Crippen LogP contribution in [-0.4, -0.2) is 28.3 Å². The SMILES string of the molecule is NC(=O)CNC(=O)c1cncc(Cl)n1. The Morgan fingerprint density at radius 2 is 2.21 bits per heavy atom. The number of hydrogen-bond acceptors (Lipinski definition) is 4. The van der Waals surface area contributed by atoms with E-state index >= 15 is 0 Å². The summed E-state index contributed by atoms with van der Waals surface area (Å²) in [6.07, 6.45) is 2.54. The summed E-state index contributed by atoms with van der Waals surface area (Å²) < 4.78 is 0. The van der Waals surface area contributed by atoms with Crippen LogP contribution in [0.25, 0.3) is 0 Å². The molecule has 74 valence electrons. The number of nitrogens with two attached hydrogens (primary N) is 1. The molecule has 0 atom stereocenters. The molecule has 0 saturated heterocycles. The van der Waals surface area contributed by atoms with E-state index in [1.54, 1.807) is 0 Å². The predicted molar refractivity (Wildman–Crippen MR) is 48.6 cm³/mol. The number of amides is 2.